The lowest BCUT2D eigenvalue weighted by atomic mass is 9.87. The molecule has 1 saturated carbocycles. The van der Waals surface area contributed by atoms with E-state index in [-0.39, 0.29) is 37.1 Å². The van der Waals surface area contributed by atoms with Crippen molar-refractivity contribution in [3.05, 3.63) is 59.7 Å². The van der Waals surface area contributed by atoms with Gasteiger partial charge in [-0.1, -0.05) is 29.8 Å². The van der Waals surface area contributed by atoms with Crippen LogP contribution in [-0.4, -0.2) is 63.0 Å². The van der Waals surface area contributed by atoms with Crippen molar-refractivity contribution in [2.75, 3.05) is 25.4 Å². The van der Waals surface area contributed by atoms with Crippen molar-refractivity contribution in [3.63, 3.8) is 0 Å². The van der Waals surface area contributed by atoms with Crippen LogP contribution in [0.1, 0.15) is 49.7 Å². The van der Waals surface area contributed by atoms with Gasteiger partial charge in [-0.05, 0) is 75.3 Å². The average molecular weight is 557 g/mol. The van der Waals surface area contributed by atoms with Crippen LogP contribution in [0.15, 0.2) is 48.5 Å². The maximum atomic E-state index is 14.2. The zero-order chi connectivity index (χ0) is 27.6. The maximum Gasteiger partial charge on any atom is 0.248 e. The molecule has 2 amide bonds. The van der Waals surface area contributed by atoms with Gasteiger partial charge in [-0.25, -0.2) is 8.42 Å². The third kappa shape index (κ3) is 5.83. The van der Waals surface area contributed by atoms with Crippen LogP contribution in [-0.2, 0) is 33.6 Å². The summed E-state index contributed by atoms with van der Waals surface area (Å²) in [5.74, 6) is -0.0956. The molecule has 2 aliphatic heterocycles. The summed E-state index contributed by atoms with van der Waals surface area (Å²) in [6.45, 7) is 2.69. The van der Waals surface area contributed by atoms with E-state index in [4.69, 9.17) is 19.9 Å². The molecule has 0 bridgehead atoms. The molecule has 2 heterocycles. The number of hydrogen-bond donors (Lipinski definition) is 1. The molecule has 2 saturated heterocycles. The maximum absolute atomic E-state index is 14.2. The number of aryl methyl sites for hydroxylation is 1. The largest absolute Gasteiger partial charge is 0.457 e. The first-order valence-corrected chi connectivity index (χ1v) is 15.3. The molecule has 9 nitrogen and oxygen atoms in total. The van der Waals surface area contributed by atoms with E-state index in [0.717, 1.165) is 31.2 Å². The molecule has 3 aliphatic rings. The predicted octanol–water partition coefficient (Wildman–Crippen LogP) is 3.44. The molecule has 0 aromatic heterocycles. The average Bonchev–Trinajstić information content (AvgIpc) is 3.78. The second kappa shape index (κ2) is 11.3. The van der Waals surface area contributed by atoms with Crippen LogP contribution in [0.4, 0.5) is 0 Å². The van der Waals surface area contributed by atoms with E-state index >= 15 is 0 Å². The Labute approximate surface area is 229 Å². The zero-order valence-electron chi connectivity index (χ0n) is 22.2. The number of nitrogens with zero attached hydrogens (tertiary/aromatic N) is 1. The lowest BCUT2D eigenvalue weighted by Crippen LogP contribution is -2.56. The Bertz CT molecular complexity index is 1290. The monoisotopic (exact) mass is 556 g/mol. The molecule has 2 N–H and O–H groups in total. The second-order valence-electron chi connectivity index (χ2n) is 10.7. The molecule has 5 rings (SSSR count). The smallest absolute Gasteiger partial charge is 0.248 e. The quantitative estimate of drug-likeness (QED) is 0.528. The van der Waals surface area contributed by atoms with Gasteiger partial charge < -0.3 is 24.8 Å². The van der Waals surface area contributed by atoms with Gasteiger partial charge in [0.2, 0.25) is 11.8 Å². The number of carbonyl (C=O) groups excluding carboxylic acids is 2. The predicted molar refractivity (Wildman–Crippen MR) is 145 cm³/mol. The fraction of sp³-hybridized carbons (Fsp3) is 0.517. The second-order valence-corrected chi connectivity index (χ2v) is 13.1. The van der Waals surface area contributed by atoms with Gasteiger partial charge in [0.25, 0.3) is 0 Å². The van der Waals surface area contributed by atoms with Gasteiger partial charge in [0.1, 0.15) is 16.2 Å². The minimum absolute atomic E-state index is 0.0215. The van der Waals surface area contributed by atoms with Crippen LogP contribution < -0.4 is 10.5 Å². The zero-order valence-corrected chi connectivity index (χ0v) is 23.0. The van der Waals surface area contributed by atoms with E-state index in [1.54, 1.807) is 29.2 Å². The minimum Gasteiger partial charge on any atom is -0.457 e. The highest BCUT2D eigenvalue weighted by atomic mass is 32.2. The molecule has 39 heavy (non-hydrogen) atoms. The third-order valence-corrected chi connectivity index (χ3v) is 10.4. The van der Waals surface area contributed by atoms with Gasteiger partial charge in [-0.15, -0.1) is 0 Å². The van der Waals surface area contributed by atoms with E-state index < -0.39 is 32.9 Å². The highest BCUT2D eigenvalue weighted by molar-refractivity contribution is 7.92. The number of benzene rings is 2. The number of sulfone groups is 1. The molecule has 0 radical (unpaired) electrons. The topological polar surface area (TPSA) is 125 Å². The van der Waals surface area contributed by atoms with Crippen LogP contribution in [0.3, 0.4) is 0 Å². The number of carbonyl (C=O) groups is 2. The summed E-state index contributed by atoms with van der Waals surface area (Å²) >= 11 is 0. The number of primary amides is 1. The van der Waals surface area contributed by atoms with Crippen molar-refractivity contribution in [3.8, 4) is 11.5 Å². The molecule has 3 fully saturated rings. The Morgan fingerprint density at radius 1 is 1.00 bits per heavy atom. The van der Waals surface area contributed by atoms with Crippen molar-refractivity contribution >= 4 is 21.7 Å². The first-order valence-electron chi connectivity index (χ1n) is 13.6. The summed E-state index contributed by atoms with van der Waals surface area (Å²) < 4.78 is 44.3. The van der Waals surface area contributed by atoms with Crippen molar-refractivity contribution in [2.24, 2.45) is 11.7 Å². The number of rotatable bonds is 8. The molecular weight excluding hydrogens is 520 g/mol. The molecule has 10 heteroatoms. The van der Waals surface area contributed by atoms with E-state index in [1.807, 2.05) is 31.2 Å². The van der Waals surface area contributed by atoms with Gasteiger partial charge in [0.15, 0.2) is 22.2 Å². The molecule has 3 unspecified atom stereocenters. The molecule has 2 aromatic carbocycles. The first-order chi connectivity index (χ1) is 18.7. The van der Waals surface area contributed by atoms with Crippen molar-refractivity contribution in [2.45, 2.75) is 62.6 Å². The van der Waals surface area contributed by atoms with E-state index in [2.05, 4.69) is 0 Å². The van der Waals surface area contributed by atoms with Crippen LogP contribution in [0, 0.1) is 12.8 Å². The standard InChI is InChI=1S/C29H36N2O7S/c1-20-5-11-23(12-6-20)37-24-13-9-22(10-14-24)29(26(27(30)32)38-25-4-2-3-18-36-25)15-16-31(17-19-39(29,34)35)28(33)21-7-8-21/h5-6,9-14,21,25-26H,2-4,7-8,15-19H2,1H3,(H2,30,32). The van der Waals surface area contributed by atoms with Crippen molar-refractivity contribution in [1.82, 2.24) is 4.90 Å². The number of ether oxygens (including phenoxy) is 3. The summed E-state index contributed by atoms with van der Waals surface area (Å²) in [6, 6.07) is 14.3. The minimum atomic E-state index is -4.03. The number of nitrogens with two attached hydrogens (primary N) is 1. The lowest BCUT2D eigenvalue weighted by Gasteiger charge is -2.40. The van der Waals surface area contributed by atoms with E-state index in [0.29, 0.717) is 30.1 Å². The fourth-order valence-corrected chi connectivity index (χ4v) is 7.70. The number of amides is 2. The Balaban J connectivity index is 1.52. The van der Waals surface area contributed by atoms with E-state index in [9.17, 15) is 18.0 Å². The third-order valence-electron chi connectivity index (χ3n) is 7.88. The summed E-state index contributed by atoms with van der Waals surface area (Å²) in [6.07, 6.45) is 1.63. The summed E-state index contributed by atoms with van der Waals surface area (Å²) in [5.41, 5.74) is 7.36. The van der Waals surface area contributed by atoms with Crippen LogP contribution in [0.25, 0.3) is 0 Å². The van der Waals surface area contributed by atoms with Gasteiger partial charge in [0.05, 0.1) is 5.75 Å². The van der Waals surface area contributed by atoms with Crippen LogP contribution >= 0.6 is 0 Å². The van der Waals surface area contributed by atoms with Gasteiger partial charge >= 0.3 is 0 Å². The van der Waals surface area contributed by atoms with E-state index in [1.165, 1.54) is 0 Å². The number of hydrogen-bond acceptors (Lipinski definition) is 7. The summed E-state index contributed by atoms with van der Waals surface area (Å²) in [7, 11) is -4.03. The highest BCUT2D eigenvalue weighted by Gasteiger charge is 2.57. The molecule has 3 atom stereocenters. The summed E-state index contributed by atoms with van der Waals surface area (Å²) in [4.78, 5) is 27.5. The molecule has 210 valence electrons. The molecule has 2 aromatic rings. The van der Waals surface area contributed by atoms with Crippen LogP contribution in [0.5, 0.6) is 11.5 Å². The van der Waals surface area contributed by atoms with Crippen molar-refractivity contribution < 1.29 is 32.2 Å². The SMILES string of the molecule is Cc1ccc(Oc2ccc(C3(C(OC4CCCCO4)C(N)=O)CCN(C(=O)C4CC4)CCS3(=O)=O)cc2)cc1. The summed E-state index contributed by atoms with van der Waals surface area (Å²) in [5, 5.41) is 0. The molecule has 0 spiro atoms. The Kier molecular flexibility index (Phi) is 7.98. The lowest BCUT2D eigenvalue weighted by molar-refractivity contribution is -0.198. The first kappa shape index (κ1) is 27.6. The van der Waals surface area contributed by atoms with Gasteiger partial charge in [0, 0.05) is 25.6 Å². The van der Waals surface area contributed by atoms with Crippen molar-refractivity contribution in [1.29, 1.82) is 0 Å². The Hall–Kier alpha value is -2.95. The molecule has 1 aliphatic carbocycles. The Morgan fingerprint density at radius 2 is 1.67 bits per heavy atom. The Morgan fingerprint density at radius 3 is 2.26 bits per heavy atom. The van der Waals surface area contributed by atoms with Gasteiger partial charge in [-0.2, -0.15) is 0 Å². The molecular formula is C29H36N2O7S. The highest BCUT2D eigenvalue weighted by Crippen LogP contribution is 2.44. The van der Waals surface area contributed by atoms with Crippen LogP contribution in [0.2, 0.25) is 0 Å². The van der Waals surface area contributed by atoms with Gasteiger partial charge in [-0.3, -0.25) is 9.59 Å². The fourth-order valence-electron chi connectivity index (χ4n) is 5.48. The normalized spacial score (nSPS) is 25.9.